The Hall–Kier alpha value is -1.47. The van der Waals surface area contributed by atoms with Gasteiger partial charge in [-0.15, -0.1) is 10.2 Å². The van der Waals surface area contributed by atoms with Crippen LogP contribution in [-0.2, 0) is 11.2 Å². The fourth-order valence-electron chi connectivity index (χ4n) is 1.96. The van der Waals surface area contributed by atoms with Crippen molar-refractivity contribution < 1.29 is 4.79 Å². The molecule has 7 heteroatoms. The largest absolute Gasteiger partial charge is 0.342 e. The molecule has 2 rings (SSSR count). The van der Waals surface area contributed by atoms with Crippen LogP contribution in [-0.4, -0.2) is 44.8 Å². The van der Waals surface area contributed by atoms with Gasteiger partial charge in [0, 0.05) is 31.4 Å². The highest BCUT2D eigenvalue weighted by molar-refractivity contribution is 8.01. The molecule has 0 unspecified atom stereocenters. The van der Waals surface area contributed by atoms with Crippen LogP contribution in [0.1, 0.15) is 23.2 Å². The third-order valence-electron chi connectivity index (χ3n) is 3.36. The molecule has 2 heterocycles. The molecule has 0 aliphatic carbocycles. The van der Waals surface area contributed by atoms with Gasteiger partial charge < -0.3 is 4.90 Å². The minimum Gasteiger partial charge on any atom is -0.342 e. The molecular formula is C15H20N4OS2. The molecule has 0 fully saturated rings. The van der Waals surface area contributed by atoms with Gasteiger partial charge in [-0.05, 0) is 38.5 Å². The summed E-state index contributed by atoms with van der Waals surface area (Å²) in [5.74, 6) is 0.481. The molecule has 1 amide bonds. The molecule has 0 spiro atoms. The second kappa shape index (κ2) is 7.69. The van der Waals surface area contributed by atoms with E-state index in [0.717, 1.165) is 21.5 Å². The first-order valence-corrected chi connectivity index (χ1v) is 8.86. The minimum atomic E-state index is 0.0954. The molecule has 22 heavy (non-hydrogen) atoms. The average Bonchev–Trinajstić information content (AvgIpc) is 2.89. The highest BCUT2D eigenvalue weighted by atomic mass is 32.2. The first-order chi connectivity index (χ1) is 10.5. The molecule has 2 aromatic heterocycles. The zero-order valence-corrected chi connectivity index (χ0v) is 14.9. The molecule has 0 saturated carbocycles. The van der Waals surface area contributed by atoms with Crippen molar-refractivity contribution in [1.82, 2.24) is 20.1 Å². The topological polar surface area (TPSA) is 59.0 Å². The third-order valence-corrected chi connectivity index (χ3v) is 5.31. The summed E-state index contributed by atoms with van der Waals surface area (Å²) in [5.41, 5.74) is 2.20. The summed E-state index contributed by atoms with van der Waals surface area (Å²) in [4.78, 5) is 18.4. The van der Waals surface area contributed by atoms with E-state index in [1.54, 1.807) is 4.90 Å². The number of thioether (sulfide) groups is 1. The van der Waals surface area contributed by atoms with Crippen LogP contribution in [0.2, 0.25) is 0 Å². The summed E-state index contributed by atoms with van der Waals surface area (Å²) in [7, 11) is 1.84. The number of rotatable bonds is 6. The maximum atomic E-state index is 12.3. The molecule has 0 aliphatic heterocycles. The van der Waals surface area contributed by atoms with Crippen LogP contribution in [0.4, 0.5) is 0 Å². The van der Waals surface area contributed by atoms with Gasteiger partial charge in [0.15, 0.2) is 4.34 Å². The van der Waals surface area contributed by atoms with Crippen LogP contribution < -0.4 is 0 Å². The SMILES string of the molecule is Cc1ccnc(C[C@@H](C)N(C)C(=O)CSc2nnc(C)s2)c1. The van der Waals surface area contributed by atoms with Gasteiger partial charge in [-0.3, -0.25) is 9.78 Å². The van der Waals surface area contributed by atoms with Crippen molar-refractivity contribution in [2.75, 3.05) is 12.8 Å². The lowest BCUT2D eigenvalue weighted by Gasteiger charge is -2.24. The number of carbonyl (C=O) groups is 1. The average molecular weight is 336 g/mol. The number of hydrogen-bond acceptors (Lipinski definition) is 6. The van der Waals surface area contributed by atoms with Crippen molar-refractivity contribution in [3.8, 4) is 0 Å². The predicted molar refractivity (Wildman–Crippen MR) is 90.3 cm³/mol. The van der Waals surface area contributed by atoms with Crippen molar-refractivity contribution in [3.63, 3.8) is 0 Å². The van der Waals surface area contributed by atoms with Gasteiger partial charge in [0.25, 0.3) is 0 Å². The lowest BCUT2D eigenvalue weighted by atomic mass is 10.1. The minimum absolute atomic E-state index is 0.0954. The number of nitrogens with zero attached hydrogens (tertiary/aromatic N) is 4. The molecule has 0 saturated heterocycles. The van der Waals surface area contributed by atoms with Gasteiger partial charge in [-0.1, -0.05) is 23.1 Å². The van der Waals surface area contributed by atoms with Crippen molar-refractivity contribution >= 4 is 29.0 Å². The summed E-state index contributed by atoms with van der Waals surface area (Å²) in [6, 6.07) is 4.15. The van der Waals surface area contributed by atoms with E-state index in [1.807, 2.05) is 40.1 Å². The number of likely N-dealkylation sites (N-methyl/N-ethyl adjacent to an activating group) is 1. The lowest BCUT2D eigenvalue weighted by molar-refractivity contribution is -0.128. The molecule has 0 aliphatic rings. The van der Waals surface area contributed by atoms with Crippen molar-refractivity contribution in [1.29, 1.82) is 0 Å². The first kappa shape index (κ1) is 16.9. The van der Waals surface area contributed by atoms with E-state index in [1.165, 1.54) is 28.7 Å². The molecule has 1 atom stereocenters. The van der Waals surface area contributed by atoms with Crippen LogP contribution in [0.15, 0.2) is 22.7 Å². The number of amides is 1. The molecule has 5 nitrogen and oxygen atoms in total. The second-order valence-corrected chi connectivity index (χ2v) is 7.66. The van der Waals surface area contributed by atoms with Crippen LogP contribution in [0.5, 0.6) is 0 Å². The lowest BCUT2D eigenvalue weighted by Crippen LogP contribution is -2.37. The van der Waals surface area contributed by atoms with Crippen LogP contribution in [0.25, 0.3) is 0 Å². The van der Waals surface area contributed by atoms with E-state index < -0.39 is 0 Å². The standard InChI is InChI=1S/C15H20N4OS2/c1-10-5-6-16-13(7-10)8-11(2)19(4)14(20)9-21-15-18-17-12(3)22-15/h5-7,11H,8-9H2,1-4H3/t11-/m1/s1. The Kier molecular flexibility index (Phi) is 5.90. The quantitative estimate of drug-likeness (QED) is 0.759. The number of carbonyl (C=O) groups excluding carboxylic acids is 1. The monoisotopic (exact) mass is 336 g/mol. The summed E-state index contributed by atoms with van der Waals surface area (Å²) in [6.07, 6.45) is 2.57. The summed E-state index contributed by atoms with van der Waals surface area (Å²) in [6.45, 7) is 6.00. The Balaban J connectivity index is 1.86. The predicted octanol–water partition coefficient (Wildman–Crippen LogP) is 2.73. The van der Waals surface area contributed by atoms with Crippen molar-refractivity contribution in [2.24, 2.45) is 0 Å². The van der Waals surface area contributed by atoms with Crippen LogP contribution in [0.3, 0.4) is 0 Å². The number of hydrogen-bond donors (Lipinski definition) is 0. The molecule has 2 aromatic rings. The van der Waals surface area contributed by atoms with Gasteiger partial charge in [-0.25, -0.2) is 0 Å². The summed E-state index contributed by atoms with van der Waals surface area (Å²) in [5, 5.41) is 8.89. The van der Waals surface area contributed by atoms with Crippen molar-refractivity contribution in [3.05, 3.63) is 34.6 Å². The van der Waals surface area contributed by atoms with E-state index in [4.69, 9.17) is 0 Å². The Morgan fingerprint density at radius 2 is 2.18 bits per heavy atom. The Labute approximate surface area is 139 Å². The molecule has 118 valence electrons. The maximum Gasteiger partial charge on any atom is 0.233 e. The maximum absolute atomic E-state index is 12.3. The van der Waals surface area contributed by atoms with E-state index in [-0.39, 0.29) is 11.9 Å². The molecule has 0 radical (unpaired) electrons. The van der Waals surface area contributed by atoms with Crippen LogP contribution >= 0.6 is 23.1 Å². The van der Waals surface area contributed by atoms with E-state index >= 15 is 0 Å². The second-order valence-electron chi connectivity index (χ2n) is 5.26. The fraction of sp³-hybridized carbons (Fsp3) is 0.467. The van der Waals surface area contributed by atoms with E-state index in [9.17, 15) is 4.79 Å². The Bertz CT molecular complexity index is 644. The summed E-state index contributed by atoms with van der Waals surface area (Å²) >= 11 is 2.96. The molecule has 0 aromatic carbocycles. The highest BCUT2D eigenvalue weighted by Crippen LogP contribution is 2.22. The van der Waals surface area contributed by atoms with Gasteiger partial charge in [0.1, 0.15) is 5.01 Å². The third kappa shape index (κ3) is 4.78. The number of aromatic nitrogens is 3. The Morgan fingerprint density at radius 3 is 2.82 bits per heavy atom. The zero-order chi connectivity index (χ0) is 16.1. The van der Waals surface area contributed by atoms with E-state index in [2.05, 4.69) is 21.2 Å². The van der Waals surface area contributed by atoms with Crippen molar-refractivity contribution in [2.45, 2.75) is 37.6 Å². The number of pyridine rings is 1. The smallest absolute Gasteiger partial charge is 0.233 e. The van der Waals surface area contributed by atoms with E-state index in [0.29, 0.717) is 5.75 Å². The van der Waals surface area contributed by atoms with Gasteiger partial charge in [-0.2, -0.15) is 0 Å². The first-order valence-electron chi connectivity index (χ1n) is 7.06. The zero-order valence-electron chi connectivity index (χ0n) is 13.2. The van der Waals surface area contributed by atoms with Gasteiger partial charge in [0.2, 0.25) is 5.91 Å². The highest BCUT2D eigenvalue weighted by Gasteiger charge is 2.17. The number of aryl methyl sites for hydroxylation is 2. The van der Waals surface area contributed by atoms with Gasteiger partial charge >= 0.3 is 0 Å². The normalized spacial score (nSPS) is 12.2. The van der Waals surface area contributed by atoms with Gasteiger partial charge in [0.05, 0.1) is 5.75 Å². The van der Waals surface area contributed by atoms with Crippen LogP contribution in [0, 0.1) is 13.8 Å². The molecule has 0 N–H and O–H groups in total. The summed E-state index contributed by atoms with van der Waals surface area (Å²) < 4.78 is 0.840. The fourth-order valence-corrected chi connectivity index (χ4v) is 3.70. The Morgan fingerprint density at radius 1 is 1.41 bits per heavy atom. The molecular weight excluding hydrogens is 316 g/mol. The molecule has 0 bridgehead atoms.